The number of allylic oxidation sites excluding steroid dienone is 1. The van der Waals surface area contributed by atoms with Crippen LogP contribution in [0.25, 0.3) is 0 Å². The molecule has 0 fully saturated rings. The Kier molecular flexibility index (Phi) is 8.60. The third-order valence-corrected chi connectivity index (χ3v) is 2.85. The number of esters is 2. The summed E-state index contributed by atoms with van der Waals surface area (Å²) in [6.45, 7) is 2.49. The van der Waals surface area contributed by atoms with Gasteiger partial charge in [0.2, 0.25) is 0 Å². The molecule has 1 aromatic carbocycles. The van der Waals surface area contributed by atoms with Crippen molar-refractivity contribution in [2.45, 2.75) is 19.8 Å². The van der Waals surface area contributed by atoms with Crippen molar-refractivity contribution in [3.05, 3.63) is 47.5 Å². The van der Waals surface area contributed by atoms with Gasteiger partial charge in [-0.25, -0.2) is 4.79 Å². The van der Waals surface area contributed by atoms with Crippen LogP contribution >= 0.6 is 0 Å². The second kappa shape index (κ2) is 10.6. The van der Waals surface area contributed by atoms with Crippen LogP contribution in [0.4, 0.5) is 0 Å². The molecule has 0 heterocycles. The average Bonchev–Trinajstić information content (AvgIpc) is 2.53. The molecule has 5 heteroatoms. The standard InChI is InChI=1S/C17H22O5/c1-3-21-17(19)15(13-16(18)22-12-11-20-2)10-9-14-7-5-4-6-8-14/h4-8,10H,3,9,11-13H2,1-2H3/b15-10-. The highest BCUT2D eigenvalue weighted by molar-refractivity contribution is 5.93. The third-order valence-electron chi connectivity index (χ3n) is 2.85. The van der Waals surface area contributed by atoms with Gasteiger partial charge in [0.15, 0.2) is 0 Å². The van der Waals surface area contributed by atoms with Crippen molar-refractivity contribution in [3.63, 3.8) is 0 Å². The molecule has 0 aliphatic heterocycles. The van der Waals surface area contributed by atoms with E-state index in [9.17, 15) is 9.59 Å². The topological polar surface area (TPSA) is 61.8 Å². The maximum Gasteiger partial charge on any atom is 0.334 e. The summed E-state index contributed by atoms with van der Waals surface area (Å²) in [6.07, 6.45) is 2.17. The molecule has 5 nitrogen and oxygen atoms in total. The fourth-order valence-corrected chi connectivity index (χ4v) is 1.75. The zero-order valence-electron chi connectivity index (χ0n) is 13.0. The Bertz CT molecular complexity index is 493. The number of carbonyl (C=O) groups is 2. The Labute approximate surface area is 130 Å². The lowest BCUT2D eigenvalue weighted by atomic mass is 10.1. The predicted octanol–water partition coefficient (Wildman–Crippen LogP) is 2.30. The fourth-order valence-electron chi connectivity index (χ4n) is 1.75. The van der Waals surface area contributed by atoms with Crippen molar-refractivity contribution < 1.29 is 23.8 Å². The van der Waals surface area contributed by atoms with Gasteiger partial charge >= 0.3 is 11.9 Å². The molecule has 0 saturated carbocycles. The summed E-state index contributed by atoms with van der Waals surface area (Å²) in [7, 11) is 1.53. The van der Waals surface area contributed by atoms with Gasteiger partial charge in [-0.2, -0.15) is 0 Å². The van der Waals surface area contributed by atoms with E-state index in [1.807, 2.05) is 30.3 Å². The summed E-state index contributed by atoms with van der Waals surface area (Å²) < 4.78 is 14.8. The number of hydrogen-bond acceptors (Lipinski definition) is 5. The predicted molar refractivity (Wildman–Crippen MR) is 82.3 cm³/mol. The molecule has 0 aliphatic carbocycles. The Hall–Kier alpha value is -2.14. The molecule has 0 amide bonds. The summed E-state index contributed by atoms with van der Waals surface area (Å²) in [5.41, 5.74) is 1.37. The van der Waals surface area contributed by atoms with Gasteiger partial charge in [-0.1, -0.05) is 36.4 Å². The third kappa shape index (κ3) is 7.04. The van der Waals surface area contributed by atoms with Gasteiger partial charge in [-0.3, -0.25) is 4.79 Å². The summed E-state index contributed by atoms with van der Waals surface area (Å²) >= 11 is 0. The maximum absolute atomic E-state index is 11.9. The average molecular weight is 306 g/mol. The lowest BCUT2D eigenvalue weighted by Gasteiger charge is -2.08. The van der Waals surface area contributed by atoms with Crippen molar-refractivity contribution in [2.75, 3.05) is 26.9 Å². The SMILES string of the molecule is CCOC(=O)/C(=C\Cc1ccccc1)CC(=O)OCCOC. The molecule has 0 atom stereocenters. The first-order valence-electron chi connectivity index (χ1n) is 7.22. The van der Waals surface area contributed by atoms with Gasteiger partial charge in [0.25, 0.3) is 0 Å². The van der Waals surface area contributed by atoms with Crippen LogP contribution in [0.3, 0.4) is 0 Å². The summed E-state index contributed by atoms with van der Waals surface area (Å²) in [5.74, 6) is -0.952. The summed E-state index contributed by atoms with van der Waals surface area (Å²) in [6, 6.07) is 9.68. The smallest absolute Gasteiger partial charge is 0.334 e. The zero-order chi connectivity index (χ0) is 16.2. The van der Waals surface area contributed by atoms with Gasteiger partial charge < -0.3 is 14.2 Å². The normalized spacial score (nSPS) is 11.1. The van der Waals surface area contributed by atoms with Gasteiger partial charge in [0, 0.05) is 12.7 Å². The van der Waals surface area contributed by atoms with E-state index < -0.39 is 11.9 Å². The van der Waals surface area contributed by atoms with Crippen molar-refractivity contribution >= 4 is 11.9 Å². The molecule has 0 N–H and O–H groups in total. The number of carbonyl (C=O) groups excluding carboxylic acids is 2. The molecule has 0 aromatic heterocycles. The van der Waals surface area contributed by atoms with E-state index in [4.69, 9.17) is 14.2 Å². The molecule has 0 saturated heterocycles. The Morgan fingerprint density at radius 1 is 1.09 bits per heavy atom. The summed E-state index contributed by atoms with van der Waals surface area (Å²) in [5, 5.41) is 0. The molecule has 0 unspecified atom stereocenters. The highest BCUT2D eigenvalue weighted by atomic mass is 16.6. The highest BCUT2D eigenvalue weighted by Crippen LogP contribution is 2.10. The first-order valence-corrected chi connectivity index (χ1v) is 7.22. The zero-order valence-corrected chi connectivity index (χ0v) is 13.0. The van der Waals surface area contributed by atoms with Gasteiger partial charge in [-0.05, 0) is 18.9 Å². The highest BCUT2D eigenvalue weighted by Gasteiger charge is 2.15. The lowest BCUT2D eigenvalue weighted by Crippen LogP contribution is -2.15. The van der Waals surface area contributed by atoms with Crippen LogP contribution in [-0.4, -0.2) is 38.9 Å². The van der Waals surface area contributed by atoms with Crippen LogP contribution in [0.5, 0.6) is 0 Å². The van der Waals surface area contributed by atoms with E-state index in [-0.39, 0.29) is 19.6 Å². The van der Waals surface area contributed by atoms with E-state index in [2.05, 4.69) is 0 Å². The largest absolute Gasteiger partial charge is 0.463 e. The quantitative estimate of drug-likeness (QED) is 0.398. The van der Waals surface area contributed by atoms with Crippen molar-refractivity contribution in [3.8, 4) is 0 Å². The first-order chi connectivity index (χ1) is 10.7. The molecule has 1 aromatic rings. The second-order valence-electron chi connectivity index (χ2n) is 4.53. The molecule has 22 heavy (non-hydrogen) atoms. The monoisotopic (exact) mass is 306 g/mol. The number of ether oxygens (including phenoxy) is 3. The van der Waals surface area contributed by atoms with Crippen molar-refractivity contribution in [2.24, 2.45) is 0 Å². The number of methoxy groups -OCH3 is 1. The van der Waals surface area contributed by atoms with Crippen molar-refractivity contribution in [1.29, 1.82) is 0 Å². The molecule has 0 radical (unpaired) electrons. The molecule has 0 aliphatic rings. The minimum Gasteiger partial charge on any atom is -0.463 e. The Balaban J connectivity index is 2.67. The van der Waals surface area contributed by atoms with E-state index >= 15 is 0 Å². The Morgan fingerprint density at radius 3 is 2.45 bits per heavy atom. The number of rotatable bonds is 9. The first kappa shape index (κ1) is 17.9. The molecule has 0 bridgehead atoms. The van der Waals surface area contributed by atoms with Crippen molar-refractivity contribution in [1.82, 2.24) is 0 Å². The molecule has 0 spiro atoms. The van der Waals surface area contributed by atoms with Gasteiger partial charge in [0.05, 0.1) is 19.6 Å². The van der Waals surface area contributed by atoms with Crippen LogP contribution in [0, 0.1) is 0 Å². The fraction of sp³-hybridized carbons (Fsp3) is 0.412. The van der Waals surface area contributed by atoms with Gasteiger partial charge in [-0.15, -0.1) is 0 Å². The Morgan fingerprint density at radius 2 is 1.82 bits per heavy atom. The molecule has 120 valence electrons. The number of benzene rings is 1. The van der Waals surface area contributed by atoms with E-state index in [1.54, 1.807) is 13.0 Å². The minimum absolute atomic E-state index is 0.102. The maximum atomic E-state index is 11.9. The van der Waals surface area contributed by atoms with Crippen LogP contribution in [0.1, 0.15) is 18.9 Å². The summed E-state index contributed by atoms with van der Waals surface area (Å²) in [4.78, 5) is 23.6. The van der Waals surface area contributed by atoms with Crippen LogP contribution in [0.2, 0.25) is 0 Å². The van der Waals surface area contributed by atoms with E-state index in [0.29, 0.717) is 18.6 Å². The number of hydrogen-bond donors (Lipinski definition) is 0. The van der Waals surface area contributed by atoms with Crippen LogP contribution in [0.15, 0.2) is 42.0 Å². The lowest BCUT2D eigenvalue weighted by molar-refractivity contribution is -0.147. The molecular weight excluding hydrogens is 284 g/mol. The van der Waals surface area contributed by atoms with E-state index in [0.717, 1.165) is 5.56 Å². The molecular formula is C17H22O5. The van der Waals surface area contributed by atoms with Crippen LogP contribution in [-0.2, 0) is 30.2 Å². The van der Waals surface area contributed by atoms with Crippen LogP contribution < -0.4 is 0 Å². The minimum atomic E-state index is -0.484. The second-order valence-corrected chi connectivity index (χ2v) is 4.53. The molecule has 1 rings (SSSR count). The van der Waals surface area contributed by atoms with Gasteiger partial charge in [0.1, 0.15) is 6.61 Å². The van der Waals surface area contributed by atoms with E-state index in [1.165, 1.54) is 7.11 Å².